The fourth-order valence-corrected chi connectivity index (χ4v) is 2.77. The molecule has 0 saturated carbocycles. The number of aromatic nitrogens is 2. The zero-order valence-corrected chi connectivity index (χ0v) is 17.5. The summed E-state index contributed by atoms with van der Waals surface area (Å²) in [6, 6.07) is 11.0. The first-order valence-corrected chi connectivity index (χ1v) is 9.68. The maximum absolute atomic E-state index is 13.1. The third-order valence-corrected chi connectivity index (χ3v) is 4.84. The summed E-state index contributed by atoms with van der Waals surface area (Å²) in [6.07, 6.45) is 0.292. The van der Waals surface area contributed by atoms with Crippen LogP contribution in [-0.2, 0) is 16.6 Å². The predicted molar refractivity (Wildman–Crippen MR) is 111 cm³/mol. The van der Waals surface area contributed by atoms with E-state index in [1.807, 2.05) is 0 Å². The molecule has 0 aliphatic rings. The average Bonchev–Trinajstić information content (AvgIpc) is 3.22. The summed E-state index contributed by atoms with van der Waals surface area (Å²) in [5.74, 6) is -1.52. The Kier molecular flexibility index (Phi) is 6.55. The highest BCUT2D eigenvalue weighted by Crippen LogP contribution is 2.25. The first kappa shape index (κ1) is 22.2. The summed E-state index contributed by atoms with van der Waals surface area (Å²) < 4.78 is 18.2. The molecular weight excluding hydrogens is 427 g/mol. The maximum Gasteiger partial charge on any atom is 0.319 e. The minimum atomic E-state index is -1.40. The number of nitrogens with zero attached hydrogens (tertiary/aromatic N) is 2. The van der Waals surface area contributed by atoms with Gasteiger partial charge in [0.1, 0.15) is 11.2 Å². The molecule has 0 radical (unpaired) electrons. The van der Waals surface area contributed by atoms with Gasteiger partial charge in [-0.25, -0.2) is 9.18 Å². The number of carbonyl (C=O) groups excluding carboxylic acids is 1. The molecular formula is C21H20ClFN4O4. The molecule has 1 aromatic heterocycles. The molecule has 31 heavy (non-hydrogen) atoms. The van der Waals surface area contributed by atoms with E-state index in [4.69, 9.17) is 16.1 Å². The molecule has 3 rings (SSSR count). The van der Waals surface area contributed by atoms with Gasteiger partial charge in [-0.3, -0.25) is 4.79 Å². The Bertz CT molecular complexity index is 1070. The Morgan fingerprint density at radius 2 is 1.81 bits per heavy atom. The van der Waals surface area contributed by atoms with E-state index in [0.717, 1.165) is 5.56 Å². The summed E-state index contributed by atoms with van der Waals surface area (Å²) in [7, 11) is 0. The number of carboxylic acids is 1. The van der Waals surface area contributed by atoms with Gasteiger partial charge in [0, 0.05) is 17.1 Å². The van der Waals surface area contributed by atoms with Crippen LogP contribution < -0.4 is 10.6 Å². The van der Waals surface area contributed by atoms with E-state index < -0.39 is 29.3 Å². The molecule has 10 heteroatoms. The van der Waals surface area contributed by atoms with Crippen LogP contribution in [0.4, 0.5) is 14.9 Å². The van der Waals surface area contributed by atoms with Crippen molar-refractivity contribution >= 4 is 29.3 Å². The van der Waals surface area contributed by atoms with Crippen LogP contribution in [0.1, 0.15) is 37.2 Å². The first-order chi connectivity index (χ1) is 14.6. The second-order valence-corrected chi connectivity index (χ2v) is 7.81. The highest BCUT2D eigenvalue weighted by Gasteiger charge is 2.37. The van der Waals surface area contributed by atoms with E-state index in [1.165, 1.54) is 38.1 Å². The van der Waals surface area contributed by atoms with Gasteiger partial charge in [0.2, 0.25) is 5.89 Å². The van der Waals surface area contributed by atoms with Crippen molar-refractivity contribution in [3.05, 3.63) is 76.6 Å². The predicted octanol–water partition coefficient (Wildman–Crippen LogP) is 4.33. The smallest absolute Gasteiger partial charge is 0.319 e. The van der Waals surface area contributed by atoms with Crippen LogP contribution in [0.15, 0.2) is 53.1 Å². The molecule has 0 aliphatic heterocycles. The minimum Gasteiger partial charge on any atom is -0.480 e. The van der Waals surface area contributed by atoms with Crippen LogP contribution in [0.25, 0.3) is 0 Å². The number of hydrogen-bond acceptors (Lipinski definition) is 5. The van der Waals surface area contributed by atoms with E-state index in [2.05, 4.69) is 20.8 Å². The van der Waals surface area contributed by atoms with Gasteiger partial charge in [-0.2, -0.15) is 4.98 Å². The van der Waals surface area contributed by atoms with E-state index in [9.17, 15) is 19.1 Å². The number of rotatable bonds is 7. The lowest BCUT2D eigenvalue weighted by Crippen LogP contribution is -2.34. The average molecular weight is 447 g/mol. The van der Waals surface area contributed by atoms with E-state index in [0.29, 0.717) is 17.1 Å². The molecule has 162 valence electrons. The Balaban J connectivity index is 1.83. The van der Waals surface area contributed by atoms with Gasteiger partial charge in [-0.05, 0) is 55.8 Å². The SMILES string of the molecule is CC(C)(C(=O)O)c1nc([C@H](Cc2ccc(Cl)cc2)NC(=O)Nc2ccc(F)cc2)no1. The molecule has 1 atom stereocenters. The number of carbonyl (C=O) groups is 2. The summed E-state index contributed by atoms with van der Waals surface area (Å²) in [5, 5.41) is 19.2. The zero-order valence-electron chi connectivity index (χ0n) is 16.7. The molecule has 0 unspecified atom stereocenters. The van der Waals surface area contributed by atoms with E-state index in [1.54, 1.807) is 24.3 Å². The Hall–Kier alpha value is -3.46. The van der Waals surface area contributed by atoms with Crippen molar-refractivity contribution < 1.29 is 23.6 Å². The summed E-state index contributed by atoms with van der Waals surface area (Å²) in [6.45, 7) is 2.88. The Morgan fingerprint density at radius 1 is 1.16 bits per heavy atom. The number of anilines is 1. The van der Waals surface area contributed by atoms with Crippen molar-refractivity contribution in [2.45, 2.75) is 31.7 Å². The Morgan fingerprint density at radius 3 is 2.42 bits per heavy atom. The quantitative estimate of drug-likeness (QED) is 0.497. The van der Waals surface area contributed by atoms with Crippen LogP contribution >= 0.6 is 11.6 Å². The van der Waals surface area contributed by atoms with Gasteiger partial charge in [0.05, 0.1) is 6.04 Å². The summed E-state index contributed by atoms with van der Waals surface area (Å²) >= 11 is 5.93. The fraction of sp³-hybridized carbons (Fsp3) is 0.238. The number of carboxylic acid groups (broad SMARTS) is 1. The molecule has 0 saturated heterocycles. The molecule has 0 bridgehead atoms. The van der Waals surface area contributed by atoms with Crippen molar-refractivity contribution in [3.8, 4) is 0 Å². The number of nitrogens with one attached hydrogen (secondary N) is 2. The molecule has 0 fully saturated rings. The summed E-state index contributed by atoms with van der Waals surface area (Å²) in [5.41, 5.74) is -0.169. The fourth-order valence-electron chi connectivity index (χ4n) is 2.64. The third-order valence-electron chi connectivity index (χ3n) is 4.58. The van der Waals surface area contributed by atoms with Crippen molar-refractivity contribution in [2.24, 2.45) is 0 Å². The largest absolute Gasteiger partial charge is 0.480 e. The maximum atomic E-state index is 13.1. The lowest BCUT2D eigenvalue weighted by atomic mass is 9.94. The topological polar surface area (TPSA) is 117 Å². The number of amides is 2. The zero-order chi connectivity index (χ0) is 22.6. The molecule has 0 spiro atoms. The van der Waals surface area contributed by atoms with Gasteiger partial charge in [-0.1, -0.05) is 28.9 Å². The van der Waals surface area contributed by atoms with E-state index >= 15 is 0 Å². The van der Waals surface area contributed by atoms with E-state index in [-0.39, 0.29) is 11.7 Å². The molecule has 3 N–H and O–H groups in total. The van der Waals surface area contributed by atoms with Crippen molar-refractivity contribution in [1.82, 2.24) is 15.5 Å². The molecule has 2 amide bonds. The number of hydrogen-bond donors (Lipinski definition) is 3. The van der Waals surface area contributed by atoms with Crippen molar-refractivity contribution in [2.75, 3.05) is 5.32 Å². The standard InChI is InChI=1S/C21H20ClFN4O4/c1-21(2,19(28)29)18-26-17(27-31-18)16(11-12-3-5-13(22)6-4-12)25-20(30)24-15-9-7-14(23)8-10-15/h3-10,16H,11H2,1-2H3,(H,28,29)(H2,24,25,30)/t16-/m0/s1. The number of urea groups is 1. The monoisotopic (exact) mass is 446 g/mol. The molecule has 1 heterocycles. The number of benzene rings is 2. The van der Waals surface area contributed by atoms with Crippen LogP contribution in [0.3, 0.4) is 0 Å². The lowest BCUT2D eigenvalue weighted by molar-refractivity contribution is -0.143. The first-order valence-electron chi connectivity index (χ1n) is 9.30. The second kappa shape index (κ2) is 9.13. The summed E-state index contributed by atoms with van der Waals surface area (Å²) in [4.78, 5) is 28.2. The highest BCUT2D eigenvalue weighted by molar-refractivity contribution is 6.30. The lowest BCUT2D eigenvalue weighted by Gasteiger charge is -2.17. The molecule has 8 nitrogen and oxygen atoms in total. The van der Waals surface area contributed by atoms with Crippen molar-refractivity contribution in [1.29, 1.82) is 0 Å². The number of halogens is 2. The normalized spacial score (nSPS) is 12.3. The van der Waals surface area contributed by atoms with Crippen LogP contribution in [0.2, 0.25) is 5.02 Å². The second-order valence-electron chi connectivity index (χ2n) is 7.38. The van der Waals surface area contributed by atoms with Crippen LogP contribution in [0, 0.1) is 5.82 Å². The Labute approximate surface area is 182 Å². The number of aliphatic carboxylic acids is 1. The van der Waals surface area contributed by atoms with Crippen LogP contribution in [0.5, 0.6) is 0 Å². The molecule has 0 aliphatic carbocycles. The minimum absolute atomic E-state index is 0.0863. The molecule has 3 aromatic rings. The van der Waals surface area contributed by atoms with Crippen LogP contribution in [-0.4, -0.2) is 27.2 Å². The highest BCUT2D eigenvalue weighted by atomic mass is 35.5. The van der Waals surface area contributed by atoms with Gasteiger partial charge in [0.15, 0.2) is 5.82 Å². The van der Waals surface area contributed by atoms with Gasteiger partial charge < -0.3 is 20.3 Å². The van der Waals surface area contributed by atoms with Crippen molar-refractivity contribution in [3.63, 3.8) is 0 Å². The van der Waals surface area contributed by atoms with Gasteiger partial charge in [-0.15, -0.1) is 0 Å². The molecule has 2 aromatic carbocycles. The third kappa shape index (κ3) is 5.58. The van der Waals surface area contributed by atoms with Gasteiger partial charge >= 0.3 is 12.0 Å². The van der Waals surface area contributed by atoms with Gasteiger partial charge in [0.25, 0.3) is 0 Å².